The normalized spacial score (nSPS) is 12.3. The molecule has 0 bridgehead atoms. The Labute approximate surface area is 256 Å². The number of hydrogen-bond donors (Lipinski definition) is 1. The van der Waals surface area contributed by atoms with Crippen molar-refractivity contribution in [3.05, 3.63) is 106 Å². The molecule has 0 aliphatic carbocycles. The molecule has 5 aromatic rings. The third kappa shape index (κ3) is 7.64. The van der Waals surface area contributed by atoms with Crippen LogP contribution in [0.15, 0.2) is 77.3 Å². The van der Waals surface area contributed by atoms with Gasteiger partial charge in [-0.2, -0.15) is 0 Å². The first-order valence-electron chi connectivity index (χ1n) is 12.9. The van der Waals surface area contributed by atoms with Crippen LogP contribution < -0.4 is 9.20 Å². The third-order valence-electron chi connectivity index (χ3n) is 6.45. The summed E-state index contributed by atoms with van der Waals surface area (Å²) in [7, 11) is 0. The molecule has 5 rings (SSSR count). The molecule has 0 amide bonds. The van der Waals surface area contributed by atoms with E-state index in [-0.39, 0.29) is 40.1 Å². The molecule has 3 aromatic carbocycles. The predicted molar refractivity (Wildman–Crippen MR) is 154 cm³/mol. The SMILES string of the molecule is Cc1cc([Se]C(Cc2cc(-c3ccc(F)cc3)no2)c2[se]c(-c3ccc(C(F)(F)F)cc3)nc2C)ccc1OCC(=O)O. The number of aromatic nitrogens is 2. The molecule has 2 aromatic heterocycles. The van der Waals surface area contributed by atoms with E-state index in [9.17, 15) is 22.4 Å². The molecular weight excluding hydrogens is 698 g/mol. The van der Waals surface area contributed by atoms with Crippen LogP contribution in [-0.2, 0) is 17.4 Å². The molecule has 0 radical (unpaired) electrons. The van der Waals surface area contributed by atoms with Gasteiger partial charge in [-0.25, -0.2) is 0 Å². The molecule has 12 heteroatoms. The summed E-state index contributed by atoms with van der Waals surface area (Å²) in [6, 6.07) is 18.5. The molecule has 2 heterocycles. The molecule has 1 atom stereocenters. The molecule has 1 unspecified atom stereocenters. The molecule has 0 saturated carbocycles. The van der Waals surface area contributed by atoms with E-state index in [1.54, 1.807) is 18.2 Å². The van der Waals surface area contributed by atoms with Crippen LogP contribution in [0.1, 0.15) is 31.8 Å². The first-order valence-corrected chi connectivity index (χ1v) is 16.5. The van der Waals surface area contributed by atoms with Crippen molar-refractivity contribution in [2.75, 3.05) is 6.61 Å². The molecule has 0 aliphatic heterocycles. The summed E-state index contributed by atoms with van der Waals surface area (Å²) in [6.45, 7) is 3.33. The van der Waals surface area contributed by atoms with Gasteiger partial charge in [-0.3, -0.25) is 0 Å². The Hall–Kier alpha value is -3.69. The monoisotopic (exact) mass is 724 g/mol. The van der Waals surface area contributed by atoms with Crippen LogP contribution >= 0.6 is 0 Å². The van der Waals surface area contributed by atoms with Crippen molar-refractivity contribution in [2.24, 2.45) is 0 Å². The fourth-order valence-electron chi connectivity index (χ4n) is 4.33. The minimum atomic E-state index is -4.41. The molecule has 222 valence electrons. The van der Waals surface area contributed by atoms with E-state index < -0.39 is 24.3 Å². The van der Waals surface area contributed by atoms with E-state index in [0.29, 0.717) is 29.2 Å². The van der Waals surface area contributed by atoms with Crippen molar-refractivity contribution in [3.8, 4) is 27.1 Å². The number of hydrogen-bond acceptors (Lipinski definition) is 5. The summed E-state index contributed by atoms with van der Waals surface area (Å²) in [5.74, 6) is -0.274. The number of rotatable bonds is 10. The number of aliphatic carboxylic acids is 1. The molecule has 0 fully saturated rings. The summed E-state index contributed by atoms with van der Waals surface area (Å²) in [4.78, 5) is 15.7. The average Bonchev–Trinajstić information content (AvgIpc) is 3.59. The van der Waals surface area contributed by atoms with Crippen molar-refractivity contribution in [2.45, 2.75) is 31.3 Å². The van der Waals surface area contributed by atoms with Gasteiger partial charge >= 0.3 is 257 Å². The van der Waals surface area contributed by atoms with E-state index in [2.05, 4.69) is 5.16 Å². The Kier molecular flexibility index (Phi) is 9.22. The molecule has 0 spiro atoms. The molecule has 6 nitrogen and oxygen atoms in total. The maximum absolute atomic E-state index is 13.4. The first-order chi connectivity index (χ1) is 20.5. The Balaban J connectivity index is 1.45. The van der Waals surface area contributed by atoms with Gasteiger partial charge in [0, 0.05) is 0 Å². The number of ether oxygens (including phenoxy) is 1. The number of benzene rings is 3. The summed E-state index contributed by atoms with van der Waals surface area (Å²) in [6.07, 6.45) is -3.90. The van der Waals surface area contributed by atoms with Gasteiger partial charge in [0.2, 0.25) is 0 Å². The van der Waals surface area contributed by atoms with Crippen molar-refractivity contribution in [1.29, 1.82) is 0 Å². The first kappa shape index (κ1) is 30.8. The summed E-state index contributed by atoms with van der Waals surface area (Å²) in [5, 5.41) is 13.1. The number of carboxylic acids is 1. The number of alkyl halides is 3. The summed E-state index contributed by atoms with van der Waals surface area (Å²) >= 11 is -0.377. The maximum atomic E-state index is 13.4. The number of aryl methyl sites for hydroxylation is 2. The van der Waals surface area contributed by atoms with E-state index >= 15 is 0 Å². The number of carboxylic acid groups (broad SMARTS) is 1. The predicted octanol–water partition coefficient (Wildman–Crippen LogP) is 6.01. The second kappa shape index (κ2) is 12.9. The quantitative estimate of drug-likeness (QED) is 0.141. The molecule has 1 N–H and O–H groups in total. The minimum absolute atomic E-state index is 0.0117. The molecule has 0 aliphatic rings. The zero-order valence-electron chi connectivity index (χ0n) is 22.8. The van der Waals surface area contributed by atoms with E-state index in [1.807, 2.05) is 32.0 Å². The number of carbonyl (C=O) groups is 1. The number of halogens is 4. The van der Waals surface area contributed by atoms with E-state index in [4.69, 9.17) is 19.4 Å². The van der Waals surface area contributed by atoms with Gasteiger partial charge in [0.25, 0.3) is 0 Å². The Morgan fingerprint density at radius 1 is 1.02 bits per heavy atom. The van der Waals surface area contributed by atoms with Crippen molar-refractivity contribution >= 4 is 39.9 Å². The van der Waals surface area contributed by atoms with Gasteiger partial charge in [0.05, 0.1) is 0 Å². The van der Waals surface area contributed by atoms with Crippen molar-refractivity contribution in [1.82, 2.24) is 10.1 Å². The van der Waals surface area contributed by atoms with Crippen LogP contribution in [-0.4, -0.2) is 57.3 Å². The molecule has 0 saturated heterocycles. The standard InChI is InChI=1S/C31H24F4N2O4Se2/c1-17-13-24(11-12-26(17)40-16-28(38)39)42-27(15-23-14-25(37-41-23)19-5-9-22(32)10-6-19)29-18(2)36-30(43-29)20-3-7-21(8-4-20)31(33,34)35/h3-14,27H,15-16H2,1-2H3,(H,38,39). The van der Waals surface area contributed by atoms with Crippen molar-refractivity contribution < 1.29 is 36.7 Å². The Morgan fingerprint density at radius 2 is 1.72 bits per heavy atom. The zero-order valence-corrected chi connectivity index (χ0v) is 26.2. The van der Waals surface area contributed by atoms with E-state index in [0.717, 1.165) is 42.4 Å². The number of nitrogens with zero attached hydrogens (tertiary/aromatic N) is 2. The van der Waals surface area contributed by atoms with Gasteiger partial charge in [0.1, 0.15) is 0 Å². The Morgan fingerprint density at radius 3 is 2.37 bits per heavy atom. The van der Waals surface area contributed by atoms with Crippen LogP contribution in [0.2, 0.25) is 0 Å². The zero-order chi connectivity index (χ0) is 30.7. The van der Waals surface area contributed by atoms with E-state index in [1.165, 1.54) is 24.3 Å². The fourth-order valence-corrected chi connectivity index (χ4v) is 10.2. The van der Waals surface area contributed by atoms with Crippen LogP contribution in [0.4, 0.5) is 17.6 Å². The Bertz CT molecular complexity index is 1730. The molecular formula is C31H24F4N2O4Se2. The van der Waals surface area contributed by atoms with Crippen LogP contribution in [0.3, 0.4) is 0 Å². The van der Waals surface area contributed by atoms with Gasteiger partial charge in [-0.1, -0.05) is 0 Å². The van der Waals surface area contributed by atoms with Gasteiger partial charge < -0.3 is 0 Å². The van der Waals surface area contributed by atoms with Crippen LogP contribution in [0.5, 0.6) is 5.75 Å². The van der Waals surface area contributed by atoms with Gasteiger partial charge in [-0.05, 0) is 0 Å². The van der Waals surface area contributed by atoms with Crippen molar-refractivity contribution in [3.63, 3.8) is 0 Å². The fraction of sp³-hybridized carbons (Fsp3) is 0.194. The molecule has 43 heavy (non-hydrogen) atoms. The van der Waals surface area contributed by atoms with Crippen LogP contribution in [0.25, 0.3) is 21.4 Å². The van der Waals surface area contributed by atoms with Crippen LogP contribution in [0, 0.1) is 19.7 Å². The second-order valence-electron chi connectivity index (χ2n) is 9.65. The summed E-state index contributed by atoms with van der Waals surface area (Å²) in [5.41, 5.74) is 2.89. The topological polar surface area (TPSA) is 85.5 Å². The second-order valence-corrected chi connectivity index (χ2v) is 14.5. The summed E-state index contributed by atoms with van der Waals surface area (Å²) < 4.78 is 66.7. The third-order valence-corrected chi connectivity index (χ3v) is 12.5. The average molecular weight is 722 g/mol. The van der Waals surface area contributed by atoms with Gasteiger partial charge in [0.15, 0.2) is 0 Å². The van der Waals surface area contributed by atoms with Gasteiger partial charge in [-0.15, -0.1) is 0 Å².